The Morgan fingerprint density at radius 2 is 2.16 bits per heavy atom. The lowest BCUT2D eigenvalue weighted by Gasteiger charge is -2.30. The predicted octanol–water partition coefficient (Wildman–Crippen LogP) is 2.57. The Labute approximate surface area is 114 Å². The van der Waals surface area contributed by atoms with E-state index in [2.05, 4.69) is 27.1 Å². The zero-order valence-corrected chi connectivity index (χ0v) is 11.4. The number of hydrogen-bond donors (Lipinski definition) is 1. The molecule has 0 radical (unpaired) electrons. The van der Waals surface area contributed by atoms with Crippen molar-refractivity contribution in [2.45, 2.75) is 39.2 Å². The number of allylic oxidation sites excluding steroid dienone is 2. The number of anilines is 1. The molecule has 0 saturated carbocycles. The second-order valence-corrected chi connectivity index (χ2v) is 5.38. The van der Waals surface area contributed by atoms with Crippen LogP contribution in [0, 0.1) is 6.92 Å². The van der Waals surface area contributed by atoms with Crippen molar-refractivity contribution in [1.29, 1.82) is 0 Å². The quantitative estimate of drug-likeness (QED) is 0.883. The van der Waals surface area contributed by atoms with E-state index in [1.807, 2.05) is 13.1 Å². The van der Waals surface area contributed by atoms with Crippen LogP contribution < -0.4 is 5.73 Å². The zero-order valence-electron chi connectivity index (χ0n) is 11.4. The van der Waals surface area contributed by atoms with Crippen LogP contribution in [0.25, 0.3) is 0 Å². The average molecular weight is 256 g/mol. The minimum Gasteiger partial charge on any atom is -0.383 e. The number of aromatic nitrogens is 2. The molecular formula is C15H20N4. The standard InChI is InChI=1S/C15H20N4/c1-11-17-8-14(15(16)18-11)10-19-7-6-12-4-2-3-5-13(12)9-19/h6-8H,2-5,9-10H2,1H3,(H2,16,17,18). The minimum atomic E-state index is 0.601. The van der Waals surface area contributed by atoms with E-state index < -0.39 is 0 Å². The first-order valence-electron chi connectivity index (χ1n) is 6.93. The summed E-state index contributed by atoms with van der Waals surface area (Å²) >= 11 is 0. The summed E-state index contributed by atoms with van der Waals surface area (Å²) in [5.41, 5.74) is 10.1. The monoisotopic (exact) mass is 256 g/mol. The molecule has 1 aliphatic carbocycles. The predicted molar refractivity (Wildman–Crippen MR) is 76.2 cm³/mol. The molecule has 0 spiro atoms. The van der Waals surface area contributed by atoms with Gasteiger partial charge in [-0.3, -0.25) is 0 Å². The largest absolute Gasteiger partial charge is 0.383 e. The second-order valence-electron chi connectivity index (χ2n) is 5.38. The zero-order chi connectivity index (χ0) is 13.2. The molecule has 4 nitrogen and oxygen atoms in total. The van der Waals surface area contributed by atoms with Crippen molar-refractivity contribution in [2.24, 2.45) is 0 Å². The topological polar surface area (TPSA) is 55.0 Å². The van der Waals surface area contributed by atoms with Crippen molar-refractivity contribution in [3.63, 3.8) is 0 Å². The van der Waals surface area contributed by atoms with Crippen LogP contribution in [0.5, 0.6) is 0 Å². The maximum absolute atomic E-state index is 5.96. The smallest absolute Gasteiger partial charge is 0.132 e. The van der Waals surface area contributed by atoms with Crippen LogP contribution in [0.4, 0.5) is 5.82 Å². The van der Waals surface area contributed by atoms with Crippen LogP contribution in [0.3, 0.4) is 0 Å². The van der Waals surface area contributed by atoms with E-state index in [0.717, 1.165) is 24.5 Å². The van der Waals surface area contributed by atoms with Crippen molar-refractivity contribution < 1.29 is 0 Å². The molecule has 2 N–H and O–H groups in total. The van der Waals surface area contributed by atoms with Gasteiger partial charge in [-0.25, -0.2) is 9.97 Å². The van der Waals surface area contributed by atoms with Gasteiger partial charge in [-0.1, -0.05) is 0 Å². The molecule has 1 aromatic heterocycles. The van der Waals surface area contributed by atoms with Crippen LogP contribution in [-0.2, 0) is 6.54 Å². The number of nitrogen functional groups attached to an aromatic ring is 1. The Morgan fingerprint density at radius 1 is 1.32 bits per heavy atom. The number of hydrogen-bond acceptors (Lipinski definition) is 4. The molecule has 0 amide bonds. The highest BCUT2D eigenvalue weighted by Crippen LogP contribution is 2.29. The normalized spacial score (nSPS) is 18.7. The lowest BCUT2D eigenvalue weighted by molar-refractivity contribution is 0.381. The molecule has 19 heavy (non-hydrogen) atoms. The van der Waals surface area contributed by atoms with Crippen LogP contribution in [0.2, 0.25) is 0 Å². The molecule has 1 aliphatic heterocycles. The highest BCUT2D eigenvalue weighted by atomic mass is 15.1. The van der Waals surface area contributed by atoms with Gasteiger partial charge in [0, 0.05) is 24.8 Å². The van der Waals surface area contributed by atoms with Crippen LogP contribution >= 0.6 is 0 Å². The van der Waals surface area contributed by atoms with Crippen molar-refractivity contribution in [3.8, 4) is 0 Å². The first kappa shape index (κ1) is 12.2. The number of nitrogens with zero attached hydrogens (tertiary/aromatic N) is 3. The van der Waals surface area contributed by atoms with E-state index in [4.69, 9.17) is 5.73 Å². The fraction of sp³-hybridized carbons (Fsp3) is 0.467. The van der Waals surface area contributed by atoms with Gasteiger partial charge in [0.25, 0.3) is 0 Å². The molecule has 100 valence electrons. The number of rotatable bonds is 2. The van der Waals surface area contributed by atoms with Gasteiger partial charge < -0.3 is 10.6 Å². The third-order valence-corrected chi connectivity index (χ3v) is 3.90. The van der Waals surface area contributed by atoms with Gasteiger partial charge in [-0.2, -0.15) is 0 Å². The van der Waals surface area contributed by atoms with Gasteiger partial charge in [0.15, 0.2) is 0 Å². The van der Waals surface area contributed by atoms with Gasteiger partial charge in [-0.05, 0) is 56.0 Å². The Bertz CT molecular complexity index is 545. The van der Waals surface area contributed by atoms with Crippen molar-refractivity contribution in [1.82, 2.24) is 14.9 Å². The highest BCUT2D eigenvalue weighted by Gasteiger charge is 2.17. The molecule has 0 unspecified atom stereocenters. The number of aryl methyl sites for hydroxylation is 1. The SMILES string of the molecule is Cc1ncc(CN2C=CC3=C(CCCC3)C2)c(N)n1. The molecule has 0 fully saturated rings. The van der Waals surface area contributed by atoms with Crippen molar-refractivity contribution in [3.05, 3.63) is 41.0 Å². The summed E-state index contributed by atoms with van der Waals surface area (Å²) < 4.78 is 0. The maximum Gasteiger partial charge on any atom is 0.132 e. The molecule has 2 aliphatic rings. The lowest BCUT2D eigenvalue weighted by atomic mass is 9.90. The fourth-order valence-corrected chi connectivity index (χ4v) is 2.83. The van der Waals surface area contributed by atoms with E-state index in [0.29, 0.717) is 5.82 Å². The van der Waals surface area contributed by atoms with Crippen LogP contribution in [0.1, 0.15) is 37.1 Å². The van der Waals surface area contributed by atoms with Gasteiger partial charge in [0.05, 0.1) is 0 Å². The van der Waals surface area contributed by atoms with Gasteiger partial charge in [0.2, 0.25) is 0 Å². The minimum absolute atomic E-state index is 0.601. The molecule has 3 rings (SSSR count). The molecular weight excluding hydrogens is 236 g/mol. The molecule has 0 bridgehead atoms. The Morgan fingerprint density at radius 3 is 3.00 bits per heavy atom. The first-order valence-corrected chi connectivity index (χ1v) is 6.93. The average Bonchev–Trinajstić information content (AvgIpc) is 2.42. The summed E-state index contributed by atoms with van der Waals surface area (Å²) in [5, 5.41) is 0. The van der Waals surface area contributed by atoms with Gasteiger partial charge in [0.1, 0.15) is 11.6 Å². The molecule has 2 heterocycles. The molecule has 0 saturated heterocycles. The van der Waals surface area contributed by atoms with Crippen LogP contribution in [0.15, 0.2) is 29.6 Å². The van der Waals surface area contributed by atoms with Gasteiger partial charge in [-0.15, -0.1) is 0 Å². The van der Waals surface area contributed by atoms with Crippen molar-refractivity contribution >= 4 is 5.82 Å². The molecule has 1 aromatic rings. The summed E-state index contributed by atoms with van der Waals surface area (Å²) in [5.74, 6) is 1.33. The van der Waals surface area contributed by atoms with E-state index >= 15 is 0 Å². The summed E-state index contributed by atoms with van der Waals surface area (Å²) in [7, 11) is 0. The Hall–Kier alpha value is -1.84. The number of nitrogens with two attached hydrogens (primary N) is 1. The third kappa shape index (κ3) is 2.62. The molecule has 0 atom stereocenters. The first-order chi connectivity index (χ1) is 9.22. The maximum atomic E-state index is 5.96. The summed E-state index contributed by atoms with van der Waals surface area (Å²) in [6.45, 7) is 3.68. The van der Waals surface area contributed by atoms with E-state index in [1.54, 1.807) is 11.1 Å². The van der Waals surface area contributed by atoms with Crippen molar-refractivity contribution in [2.75, 3.05) is 12.3 Å². The Kier molecular flexibility index (Phi) is 3.23. The van der Waals surface area contributed by atoms with Gasteiger partial charge >= 0.3 is 0 Å². The summed E-state index contributed by atoms with van der Waals surface area (Å²) in [6, 6.07) is 0. The summed E-state index contributed by atoms with van der Waals surface area (Å²) in [6.07, 6.45) is 11.5. The van der Waals surface area contributed by atoms with Crippen LogP contribution in [-0.4, -0.2) is 21.4 Å². The fourth-order valence-electron chi connectivity index (χ4n) is 2.83. The molecule has 0 aromatic carbocycles. The van der Waals surface area contributed by atoms with E-state index in [9.17, 15) is 0 Å². The highest BCUT2D eigenvalue weighted by molar-refractivity contribution is 5.38. The molecule has 4 heteroatoms. The van der Waals surface area contributed by atoms with E-state index in [1.165, 1.54) is 25.7 Å². The lowest BCUT2D eigenvalue weighted by Crippen LogP contribution is -2.25. The summed E-state index contributed by atoms with van der Waals surface area (Å²) in [4.78, 5) is 10.8. The Balaban J connectivity index is 1.72. The van der Waals surface area contributed by atoms with E-state index in [-0.39, 0.29) is 0 Å². The third-order valence-electron chi connectivity index (χ3n) is 3.90. The second kappa shape index (κ2) is 5.03.